The van der Waals surface area contributed by atoms with E-state index in [9.17, 15) is 4.79 Å². The van der Waals surface area contributed by atoms with Crippen LogP contribution in [0.5, 0.6) is 11.5 Å². The summed E-state index contributed by atoms with van der Waals surface area (Å²) in [6, 6.07) is 11.7. The lowest BCUT2D eigenvalue weighted by Gasteiger charge is -2.28. The number of pyridine rings is 1. The molecule has 2 bridgehead atoms. The van der Waals surface area contributed by atoms with Gasteiger partial charge in [0, 0.05) is 36.6 Å². The number of nitrogens with zero attached hydrogens (tertiary/aromatic N) is 2. The fourth-order valence-corrected chi connectivity index (χ4v) is 3.70. The summed E-state index contributed by atoms with van der Waals surface area (Å²) in [5, 5.41) is 3.43. The molecule has 4 rings (SSSR count). The number of hydrogen-bond donors (Lipinski definition) is 1. The summed E-state index contributed by atoms with van der Waals surface area (Å²) in [6.07, 6.45) is 6.62. The average molecular weight is 323 g/mol. The lowest BCUT2D eigenvalue weighted by molar-refractivity contribution is 0.0680. The minimum Gasteiger partial charge on any atom is -0.457 e. The number of fused-ring (bicyclic) bond motifs is 2. The molecule has 5 heteroatoms. The molecule has 1 amide bonds. The van der Waals surface area contributed by atoms with Gasteiger partial charge in [-0.05, 0) is 56.1 Å². The van der Waals surface area contributed by atoms with E-state index < -0.39 is 0 Å². The van der Waals surface area contributed by atoms with E-state index >= 15 is 0 Å². The van der Waals surface area contributed by atoms with Crippen molar-refractivity contribution in [2.75, 3.05) is 13.1 Å². The topological polar surface area (TPSA) is 54.5 Å². The Balaban J connectivity index is 1.55. The quantitative estimate of drug-likeness (QED) is 0.944. The van der Waals surface area contributed by atoms with Crippen LogP contribution in [0.25, 0.3) is 0 Å². The summed E-state index contributed by atoms with van der Waals surface area (Å²) >= 11 is 0. The van der Waals surface area contributed by atoms with Crippen LogP contribution in [0.3, 0.4) is 0 Å². The number of rotatable bonds is 3. The van der Waals surface area contributed by atoms with E-state index in [0.29, 0.717) is 29.1 Å². The van der Waals surface area contributed by atoms with Crippen molar-refractivity contribution >= 4 is 5.91 Å². The van der Waals surface area contributed by atoms with Gasteiger partial charge in [0.1, 0.15) is 11.5 Å². The minimum atomic E-state index is 0.117. The van der Waals surface area contributed by atoms with Crippen LogP contribution >= 0.6 is 0 Å². The molecular formula is C19H21N3O2. The first-order valence-electron chi connectivity index (χ1n) is 8.52. The molecule has 2 aromatic rings. The van der Waals surface area contributed by atoms with Crippen molar-refractivity contribution in [2.24, 2.45) is 0 Å². The highest BCUT2D eigenvalue weighted by molar-refractivity contribution is 5.95. The second-order valence-corrected chi connectivity index (χ2v) is 6.40. The van der Waals surface area contributed by atoms with Crippen molar-refractivity contribution in [3.63, 3.8) is 0 Å². The summed E-state index contributed by atoms with van der Waals surface area (Å²) in [4.78, 5) is 19.1. The maximum absolute atomic E-state index is 13.1. The fourth-order valence-electron chi connectivity index (χ4n) is 3.70. The van der Waals surface area contributed by atoms with E-state index in [0.717, 1.165) is 32.4 Å². The highest BCUT2D eigenvalue weighted by Gasteiger charge is 2.38. The number of aromatic nitrogens is 1. The predicted molar refractivity (Wildman–Crippen MR) is 91.2 cm³/mol. The molecule has 124 valence electrons. The normalized spacial score (nSPS) is 22.9. The summed E-state index contributed by atoms with van der Waals surface area (Å²) < 4.78 is 5.83. The molecule has 2 atom stereocenters. The zero-order valence-electron chi connectivity index (χ0n) is 13.5. The lowest BCUT2D eigenvalue weighted by atomic mass is 10.1. The number of ether oxygens (including phenoxy) is 1. The maximum atomic E-state index is 13.1. The van der Waals surface area contributed by atoms with E-state index in [1.165, 1.54) is 0 Å². The molecule has 0 spiro atoms. The van der Waals surface area contributed by atoms with Gasteiger partial charge in [-0.3, -0.25) is 9.78 Å². The molecule has 3 heterocycles. The largest absolute Gasteiger partial charge is 0.457 e. The molecule has 2 aliphatic rings. The van der Waals surface area contributed by atoms with Gasteiger partial charge in [0.25, 0.3) is 5.91 Å². The van der Waals surface area contributed by atoms with Gasteiger partial charge in [-0.15, -0.1) is 0 Å². The number of carbonyl (C=O) groups excluding carboxylic acids is 1. The van der Waals surface area contributed by atoms with Gasteiger partial charge in [-0.25, -0.2) is 0 Å². The lowest BCUT2D eigenvalue weighted by Crippen LogP contribution is -2.42. The molecule has 2 saturated heterocycles. The predicted octanol–water partition coefficient (Wildman–Crippen LogP) is 2.84. The van der Waals surface area contributed by atoms with Gasteiger partial charge >= 0.3 is 0 Å². The SMILES string of the molecule is O=C(c1cccc(Oc2ccncc2)c1)N1C2CCNCC1CC2. The number of nitrogens with one attached hydrogen (secondary N) is 1. The first-order valence-corrected chi connectivity index (χ1v) is 8.52. The molecule has 24 heavy (non-hydrogen) atoms. The fraction of sp³-hybridized carbons (Fsp3) is 0.368. The van der Waals surface area contributed by atoms with Crippen LogP contribution in [0.4, 0.5) is 0 Å². The van der Waals surface area contributed by atoms with Crippen LogP contribution in [0.15, 0.2) is 48.8 Å². The summed E-state index contributed by atoms with van der Waals surface area (Å²) in [5.41, 5.74) is 0.695. The van der Waals surface area contributed by atoms with Crippen molar-refractivity contribution in [1.29, 1.82) is 0 Å². The van der Waals surface area contributed by atoms with E-state index in [1.54, 1.807) is 24.5 Å². The van der Waals surface area contributed by atoms with Gasteiger partial charge in [0.05, 0.1) is 0 Å². The summed E-state index contributed by atoms with van der Waals surface area (Å²) in [5.74, 6) is 1.51. The number of hydrogen-bond acceptors (Lipinski definition) is 4. The second-order valence-electron chi connectivity index (χ2n) is 6.40. The molecule has 2 unspecified atom stereocenters. The zero-order valence-corrected chi connectivity index (χ0v) is 13.5. The van der Waals surface area contributed by atoms with Gasteiger partial charge in [0.15, 0.2) is 0 Å². The molecule has 2 aliphatic heterocycles. The third-order valence-corrected chi connectivity index (χ3v) is 4.86. The first-order chi connectivity index (χ1) is 11.8. The Morgan fingerprint density at radius 1 is 1.08 bits per heavy atom. The minimum absolute atomic E-state index is 0.117. The Kier molecular flexibility index (Phi) is 4.17. The summed E-state index contributed by atoms with van der Waals surface area (Å²) in [7, 11) is 0. The van der Waals surface area contributed by atoms with E-state index in [-0.39, 0.29) is 5.91 Å². The molecular weight excluding hydrogens is 302 g/mol. The highest BCUT2D eigenvalue weighted by atomic mass is 16.5. The Hall–Kier alpha value is -2.40. The smallest absolute Gasteiger partial charge is 0.254 e. The molecule has 1 aromatic carbocycles. The molecule has 0 aliphatic carbocycles. The molecule has 5 nitrogen and oxygen atoms in total. The standard InChI is InChI=1S/C19H21N3O2/c23-19(22-15-4-5-16(22)13-21-9-6-15)14-2-1-3-18(12-14)24-17-7-10-20-11-8-17/h1-3,7-8,10-12,15-16,21H,4-6,9,13H2. The van der Waals surface area contributed by atoms with E-state index in [4.69, 9.17) is 4.74 Å². The Bertz CT molecular complexity index is 706. The Morgan fingerprint density at radius 3 is 2.79 bits per heavy atom. The number of benzene rings is 1. The molecule has 1 aromatic heterocycles. The van der Waals surface area contributed by atoms with E-state index in [1.807, 2.05) is 24.3 Å². The zero-order chi connectivity index (χ0) is 16.4. The molecule has 2 fully saturated rings. The van der Waals surface area contributed by atoms with Crippen LogP contribution in [-0.4, -0.2) is 41.0 Å². The Labute approximate surface area is 141 Å². The van der Waals surface area contributed by atoms with Gasteiger partial charge in [0.2, 0.25) is 0 Å². The second kappa shape index (κ2) is 6.61. The average Bonchev–Trinajstić information content (AvgIpc) is 2.88. The van der Waals surface area contributed by atoms with Crippen molar-refractivity contribution in [1.82, 2.24) is 15.2 Å². The molecule has 1 N–H and O–H groups in total. The highest BCUT2D eigenvalue weighted by Crippen LogP contribution is 2.30. The van der Waals surface area contributed by atoms with Crippen LogP contribution < -0.4 is 10.1 Å². The van der Waals surface area contributed by atoms with Crippen LogP contribution in [-0.2, 0) is 0 Å². The van der Waals surface area contributed by atoms with Crippen molar-refractivity contribution < 1.29 is 9.53 Å². The Morgan fingerprint density at radius 2 is 1.92 bits per heavy atom. The third kappa shape index (κ3) is 2.99. The van der Waals surface area contributed by atoms with Gasteiger partial charge in [-0.1, -0.05) is 6.07 Å². The maximum Gasteiger partial charge on any atom is 0.254 e. The van der Waals surface area contributed by atoms with Gasteiger partial charge < -0.3 is 15.0 Å². The van der Waals surface area contributed by atoms with E-state index in [2.05, 4.69) is 15.2 Å². The van der Waals surface area contributed by atoms with Crippen LogP contribution in [0.1, 0.15) is 29.6 Å². The van der Waals surface area contributed by atoms with Crippen molar-refractivity contribution in [3.8, 4) is 11.5 Å². The monoisotopic (exact) mass is 323 g/mol. The van der Waals surface area contributed by atoms with Crippen LogP contribution in [0.2, 0.25) is 0 Å². The van der Waals surface area contributed by atoms with Gasteiger partial charge in [-0.2, -0.15) is 0 Å². The first kappa shape index (κ1) is 15.1. The van der Waals surface area contributed by atoms with Crippen molar-refractivity contribution in [3.05, 3.63) is 54.4 Å². The number of amides is 1. The molecule has 0 radical (unpaired) electrons. The molecule has 0 saturated carbocycles. The number of carbonyl (C=O) groups is 1. The van der Waals surface area contributed by atoms with Crippen molar-refractivity contribution in [2.45, 2.75) is 31.3 Å². The van der Waals surface area contributed by atoms with Crippen LogP contribution in [0, 0.1) is 0 Å². The summed E-state index contributed by atoms with van der Waals surface area (Å²) in [6.45, 7) is 1.89. The third-order valence-electron chi connectivity index (χ3n) is 4.86.